The minimum absolute atomic E-state index is 0.781. The van der Waals surface area contributed by atoms with Crippen molar-refractivity contribution in [2.75, 3.05) is 0 Å². The molecule has 0 amide bonds. The molecule has 0 radical (unpaired) electrons. The van der Waals surface area contributed by atoms with E-state index in [9.17, 15) is 0 Å². The van der Waals surface area contributed by atoms with Crippen LogP contribution in [0.15, 0.2) is 103 Å². The maximum Gasteiger partial charge on any atom is 0.145 e. The van der Waals surface area contributed by atoms with E-state index in [1.54, 1.807) is 0 Å². The fourth-order valence-electron chi connectivity index (χ4n) is 4.07. The van der Waals surface area contributed by atoms with Crippen LogP contribution in [0.5, 0.6) is 0 Å². The highest BCUT2D eigenvalue weighted by molar-refractivity contribution is 5.85. The average Bonchev–Trinajstić information content (AvgIpc) is 3.26. The first kappa shape index (κ1) is 17.4. The summed E-state index contributed by atoms with van der Waals surface area (Å²) in [6.07, 6.45) is 0. The molecule has 1 heterocycles. The van der Waals surface area contributed by atoms with E-state index in [1.165, 1.54) is 0 Å². The molecule has 0 spiro atoms. The van der Waals surface area contributed by atoms with Gasteiger partial charge < -0.3 is 0 Å². The highest BCUT2D eigenvalue weighted by Gasteiger charge is 2.18. The van der Waals surface area contributed by atoms with E-state index in [-0.39, 0.29) is 0 Å². The van der Waals surface area contributed by atoms with E-state index in [0.717, 1.165) is 50.5 Å². The van der Waals surface area contributed by atoms with Gasteiger partial charge in [0.25, 0.3) is 0 Å². The van der Waals surface area contributed by atoms with Crippen molar-refractivity contribution in [1.82, 2.24) is 15.0 Å². The zero-order valence-corrected chi connectivity index (χ0v) is 16.7. The molecule has 0 saturated carbocycles. The fraction of sp³-hybridized carbons (Fsp3) is 0. The Morgan fingerprint density at radius 3 is 1.94 bits per heavy atom. The number of rotatable bonds is 1. The lowest BCUT2D eigenvalue weighted by Crippen LogP contribution is -2.00. The van der Waals surface area contributed by atoms with Crippen LogP contribution >= 0.6 is 0 Å². The second-order valence-corrected chi connectivity index (χ2v) is 7.45. The monoisotopic (exact) mass is 395 g/mol. The lowest BCUT2D eigenvalue weighted by Gasteiger charge is -2.12. The van der Waals surface area contributed by atoms with E-state index in [0.29, 0.717) is 0 Å². The molecule has 0 aliphatic heterocycles. The highest BCUT2D eigenvalue weighted by atomic mass is 15.4. The fourth-order valence-corrected chi connectivity index (χ4v) is 4.07. The van der Waals surface area contributed by atoms with Crippen molar-refractivity contribution >= 4 is 0 Å². The molecular weight excluding hydrogens is 378 g/mol. The summed E-state index contributed by atoms with van der Waals surface area (Å²) in [5.74, 6) is 6.80. The SMILES string of the molecule is C1#Cc2c(nnn2-c2ccccc2)-c2ccccc2-c2ccc(cc2)-c2ccccc21. The van der Waals surface area contributed by atoms with Gasteiger partial charge in [-0.25, -0.2) is 4.68 Å². The third-order valence-corrected chi connectivity index (χ3v) is 5.60. The van der Waals surface area contributed by atoms with Gasteiger partial charge in [0, 0.05) is 11.1 Å². The van der Waals surface area contributed by atoms with Crippen LogP contribution in [-0.2, 0) is 0 Å². The van der Waals surface area contributed by atoms with Crippen molar-refractivity contribution < 1.29 is 0 Å². The van der Waals surface area contributed by atoms with Gasteiger partial charge in [-0.1, -0.05) is 96.1 Å². The summed E-state index contributed by atoms with van der Waals surface area (Å²) in [5.41, 5.74) is 9.05. The Kier molecular flexibility index (Phi) is 4.01. The quantitative estimate of drug-likeness (QED) is 0.321. The number of nitrogens with zero attached hydrogens (tertiary/aromatic N) is 3. The van der Waals surface area contributed by atoms with Gasteiger partial charge in [-0.3, -0.25) is 0 Å². The number of para-hydroxylation sites is 1. The van der Waals surface area contributed by atoms with Crippen LogP contribution in [0.25, 0.3) is 39.2 Å². The predicted molar refractivity (Wildman–Crippen MR) is 124 cm³/mol. The summed E-state index contributed by atoms with van der Waals surface area (Å²) in [6.45, 7) is 0. The van der Waals surface area contributed by atoms with Gasteiger partial charge in [-0.2, -0.15) is 0 Å². The van der Waals surface area contributed by atoms with Crippen molar-refractivity contribution in [1.29, 1.82) is 0 Å². The Morgan fingerprint density at radius 1 is 0.548 bits per heavy atom. The van der Waals surface area contributed by atoms with Crippen molar-refractivity contribution in [2.45, 2.75) is 0 Å². The highest BCUT2D eigenvalue weighted by Crippen LogP contribution is 2.35. The minimum Gasteiger partial charge on any atom is -0.204 e. The summed E-state index contributed by atoms with van der Waals surface area (Å²) in [4.78, 5) is 0. The van der Waals surface area contributed by atoms with Crippen LogP contribution in [0, 0.1) is 11.8 Å². The summed E-state index contributed by atoms with van der Waals surface area (Å²) in [5, 5.41) is 9.07. The first-order valence-corrected chi connectivity index (χ1v) is 10.2. The maximum atomic E-state index is 4.58. The lowest BCUT2D eigenvalue weighted by atomic mass is 9.93. The molecule has 7 rings (SSSR count). The molecule has 144 valence electrons. The predicted octanol–water partition coefficient (Wildman–Crippen LogP) is 5.98. The zero-order chi connectivity index (χ0) is 20.6. The number of aromatic nitrogens is 3. The first-order chi connectivity index (χ1) is 15.4. The first-order valence-electron chi connectivity index (χ1n) is 10.2. The second kappa shape index (κ2) is 7.12. The van der Waals surface area contributed by atoms with Gasteiger partial charge in [0.15, 0.2) is 0 Å². The molecule has 5 aromatic rings. The molecule has 3 nitrogen and oxygen atoms in total. The van der Waals surface area contributed by atoms with Crippen LogP contribution in [0.3, 0.4) is 0 Å². The van der Waals surface area contributed by atoms with E-state index in [2.05, 4.69) is 82.8 Å². The van der Waals surface area contributed by atoms with Gasteiger partial charge in [0.1, 0.15) is 11.4 Å². The third kappa shape index (κ3) is 2.94. The van der Waals surface area contributed by atoms with Gasteiger partial charge in [-0.15, -0.1) is 5.10 Å². The van der Waals surface area contributed by atoms with Crippen molar-refractivity contribution in [3.05, 3.63) is 114 Å². The third-order valence-electron chi connectivity index (χ3n) is 5.60. The molecule has 4 aromatic carbocycles. The Morgan fingerprint density at radius 2 is 1.16 bits per heavy atom. The van der Waals surface area contributed by atoms with Gasteiger partial charge in [0.2, 0.25) is 0 Å². The van der Waals surface area contributed by atoms with Crippen LogP contribution < -0.4 is 0 Å². The number of fused-ring (bicyclic) bond motifs is 2. The van der Waals surface area contributed by atoms with E-state index < -0.39 is 0 Å². The van der Waals surface area contributed by atoms with E-state index in [1.807, 2.05) is 47.1 Å². The Labute approximate surface area is 180 Å². The van der Waals surface area contributed by atoms with E-state index in [4.69, 9.17) is 0 Å². The van der Waals surface area contributed by atoms with Crippen molar-refractivity contribution in [3.8, 4) is 51.0 Å². The molecule has 0 saturated heterocycles. The molecule has 31 heavy (non-hydrogen) atoms. The Balaban J connectivity index is 1.70. The lowest BCUT2D eigenvalue weighted by molar-refractivity contribution is 0.797. The second-order valence-electron chi connectivity index (χ2n) is 7.45. The van der Waals surface area contributed by atoms with E-state index >= 15 is 0 Å². The summed E-state index contributed by atoms with van der Waals surface area (Å²) < 4.78 is 1.83. The molecule has 0 unspecified atom stereocenters. The average molecular weight is 395 g/mol. The van der Waals surface area contributed by atoms with Crippen LogP contribution in [0.2, 0.25) is 0 Å². The molecule has 0 N–H and O–H groups in total. The number of hydrogen-bond donors (Lipinski definition) is 0. The normalized spacial score (nSPS) is 11.2. The molecule has 0 fully saturated rings. The number of hydrogen-bond acceptors (Lipinski definition) is 2. The van der Waals surface area contributed by atoms with Crippen molar-refractivity contribution in [2.24, 2.45) is 0 Å². The minimum atomic E-state index is 0.781. The molecule has 0 atom stereocenters. The molecule has 2 aliphatic rings. The molecule has 3 heteroatoms. The molecular formula is C28H17N3. The smallest absolute Gasteiger partial charge is 0.145 e. The largest absolute Gasteiger partial charge is 0.204 e. The molecule has 2 aliphatic carbocycles. The zero-order valence-electron chi connectivity index (χ0n) is 16.7. The molecule has 2 bridgehead atoms. The van der Waals surface area contributed by atoms with Crippen LogP contribution in [0.1, 0.15) is 11.3 Å². The van der Waals surface area contributed by atoms with Crippen LogP contribution in [-0.4, -0.2) is 15.0 Å². The molecule has 1 aromatic heterocycles. The Bertz CT molecular complexity index is 1470. The van der Waals surface area contributed by atoms with Gasteiger partial charge in [-0.05, 0) is 46.4 Å². The van der Waals surface area contributed by atoms with Crippen molar-refractivity contribution in [3.63, 3.8) is 0 Å². The van der Waals surface area contributed by atoms with Crippen LogP contribution in [0.4, 0.5) is 0 Å². The standard InChI is InChI=1S/C28H17N3/c1-2-9-23(10-3-1)31-27-19-18-20-8-4-5-11-24(20)21-14-16-22(17-15-21)25-12-6-7-13-26(25)28(27)29-30-31/h1-17H. The summed E-state index contributed by atoms with van der Waals surface area (Å²) >= 11 is 0. The topological polar surface area (TPSA) is 30.7 Å². The number of benzene rings is 4. The van der Waals surface area contributed by atoms with Gasteiger partial charge in [0.05, 0.1) is 5.69 Å². The maximum absolute atomic E-state index is 4.58. The summed E-state index contributed by atoms with van der Waals surface area (Å²) in [6, 6.07) is 35.3. The van der Waals surface area contributed by atoms with Gasteiger partial charge >= 0.3 is 0 Å². The summed E-state index contributed by atoms with van der Waals surface area (Å²) in [7, 11) is 0. The Hall–Kier alpha value is -4.42.